The molecule has 0 N–H and O–H groups in total. The van der Waals surface area contributed by atoms with Crippen LogP contribution in [0.1, 0.15) is 15.8 Å². The molecule has 7 heteroatoms. The fraction of sp³-hybridized carbons (Fsp3) is 0.273. The summed E-state index contributed by atoms with van der Waals surface area (Å²) in [6, 6.07) is 3.48. The molecule has 0 aliphatic rings. The lowest BCUT2D eigenvalue weighted by atomic mass is 10.3. The molecule has 2 nitrogen and oxygen atoms in total. The first-order valence-electron chi connectivity index (χ1n) is 5.02. The standard InChI is InChI=1S/C11H9F3N2S2/c1-6-8(9(17)11(12,13)14)18-10(16-6)7-3-2-4-15-5-7/h2-5,9,17H,1H3. The molecule has 0 radical (unpaired) electrons. The van der Waals surface area contributed by atoms with E-state index in [4.69, 9.17) is 0 Å². The van der Waals surface area contributed by atoms with E-state index in [2.05, 4.69) is 22.6 Å². The summed E-state index contributed by atoms with van der Waals surface area (Å²) in [6.07, 6.45) is -1.20. The summed E-state index contributed by atoms with van der Waals surface area (Å²) < 4.78 is 37.9. The second-order valence-electron chi connectivity index (χ2n) is 3.65. The minimum Gasteiger partial charge on any atom is -0.264 e. The van der Waals surface area contributed by atoms with Crippen LogP contribution in [0.2, 0.25) is 0 Å². The SMILES string of the molecule is Cc1nc(-c2cccnc2)sc1C(S)C(F)(F)F. The van der Waals surface area contributed by atoms with Gasteiger partial charge in [-0.25, -0.2) is 4.98 Å². The molecule has 0 saturated heterocycles. The Morgan fingerprint density at radius 3 is 2.67 bits per heavy atom. The third-order valence-electron chi connectivity index (χ3n) is 2.30. The molecule has 0 aliphatic heterocycles. The number of rotatable bonds is 2. The molecule has 0 fully saturated rings. The van der Waals surface area contributed by atoms with Crippen LogP contribution in [0.5, 0.6) is 0 Å². The molecule has 18 heavy (non-hydrogen) atoms. The zero-order valence-electron chi connectivity index (χ0n) is 9.27. The summed E-state index contributed by atoms with van der Waals surface area (Å²) in [5.41, 5.74) is 1.07. The Hall–Kier alpha value is -1.08. The number of hydrogen-bond donors (Lipinski definition) is 1. The van der Waals surface area contributed by atoms with E-state index >= 15 is 0 Å². The molecule has 0 amide bonds. The van der Waals surface area contributed by atoms with Crippen molar-refractivity contribution in [2.24, 2.45) is 0 Å². The maximum Gasteiger partial charge on any atom is 0.405 e. The van der Waals surface area contributed by atoms with Gasteiger partial charge in [0.2, 0.25) is 0 Å². The molecule has 1 unspecified atom stereocenters. The van der Waals surface area contributed by atoms with Crippen LogP contribution in [-0.4, -0.2) is 16.1 Å². The number of hydrogen-bond acceptors (Lipinski definition) is 4. The summed E-state index contributed by atoms with van der Waals surface area (Å²) in [4.78, 5) is 8.19. The van der Waals surface area contributed by atoms with Crippen molar-refractivity contribution >= 4 is 24.0 Å². The van der Waals surface area contributed by atoms with E-state index in [0.29, 0.717) is 16.3 Å². The number of pyridine rings is 1. The third kappa shape index (κ3) is 2.67. The highest BCUT2D eigenvalue weighted by Crippen LogP contribution is 2.43. The van der Waals surface area contributed by atoms with Gasteiger partial charge in [-0.15, -0.1) is 11.3 Å². The van der Waals surface area contributed by atoms with Gasteiger partial charge in [-0.3, -0.25) is 4.98 Å². The Kier molecular flexibility index (Phi) is 3.63. The third-order valence-corrected chi connectivity index (χ3v) is 4.30. The molecule has 96 valence electrons. The topological polar surface area (TPSA) is 25.8 Å². The van der Waals surface area contributed by atoms with Crippen molar-refractivity contribution in [3.63, 3.8) is 0 Å². The van der Waals surface area contributed by atoms with Crippen molar-refractivity contribution in [3.05, 3.63) is 35.1 Å². The van der Waals surface area contributed by atoms with Crippen LogP contribution in [0, 0.1) is 6.92 Å². The first kappa shape index (κ1) is 13.4. The Morgan fingerprint density at radius 2 is 2.11 bits per heavy atom. The van der Waals surface area contributed by atoms with E-state index in [9.17, 15) is 13.2 Å². The van der Waals surface area contributed by atoms with Crippen molar-refractivity contribution in [1.82, 2.24) is 9.97 Å². The predicted octanol–water partition coefficient (Wildman–Crippen LogP) is 4.05. The van der Waals surface area contributed by atoms with Gasteiger partial charge in [0.05, 0.1) is 5.69 Å². The summed E-state index contributed by atoms with van der Waals surface area (Å²) in [5.74, 6) is 0. The van der Waals surface area contributed by atoms with Crippen LogP contribution in [0.25, 0.3) is 10.6 Å². The Bertz CT molecular complexity index is 537. The molecule has 2 aromatic rings. The van der Waals surface area contributed by atoms with E-state index in [1.54, 1.807) is 31.5 Å². The van der Waals surface area contributed by atoms with E-state index in [1.807, 2.05) is 0 Å². The van der Waals surface area contributed by atoms with Crippen molar-refractivity contribution < 1.29 is 13.2 Å². The Morgan fingerprint density at radius 1 is 1.39 bits per heavy atom. The van der Waals surface area contributed by atoms with Gasteiger partial charge in [0.15, 0.2) is 0 Å². The zero-order chi connectivity index (χ0) is 13.3. The smallest absolute Gasteiger partial charge is 0.264 e. The molecule has 0 saturated carbocycles. The maximum atomic E-state index is 12.6. The first-order chi connectivity index (χ1) is 8.39. The lowest BCUT2D eigenvalue weighted by molar-refractivity contribution is -0.128. The largest absolute Gasteiger partial charge is 0.405 e. The van der Waals surface area contributed by atoms with E-state index in [0.717, 1.165) is 11.3 Å². The number of thiazole rings is 1. The van der Waals surface area contributed by atoms with Gasteiger partial charge in [0, 0.05) is 22.8 Å². The van der Waals surface area contributed by atoms with E-state index in [-0.39, 0.29) is 4.88 Å². The molecular weight excluding hydrogens is 281 g/mol. The molecule has 1 atom stereocenters. The molecule has 0 aliphatic carbocycles. The van der Waals surface area contributed by atoms with Gasteiger partial charge in [0.25, 0.3) is 0 Å². The predicted molar refractivity (Wildman–Crippen MR) is 67.9 cm³/mol. The van der Waals surface area contributed by atoms with E-state index < -0.39 is 11.4 Å². The highest BCUT2D eigenvalue weighted by atomic mass is 32.1. The molecule has 0 bridgehead atoms. The maximum absolute atomic E-state index is 12.6. The Labute approximate surface area is 111 Å². The quantitative estimate of drug-likeness (QED) is 0.844. The van der Waals surface area contributed by atoms with Crippen LogP contribution in [0.15, 0.2) is 24.5 Å². The van der Waals surface area contributed by atoms with E-state index in [1.165, 1.54) is 0 Å². The van der Waals surface area contributed by atoms with Crippen molar-refractivity contribution in [3.8, 4) is 10.6 Å². The minimum absolute atomic E-state index is 0.129. The second-order valence-corrected chi connectivity index (χ2v) is 5.20. The monoisotopic (exact) mass is 290 g/mol. The van der Waals surface area contributed by atoms with Gasteiger partial charge in [0.1, 0.15) is 10.3 Å². The summed E-state index contributed by atoms with van der Waals surface area (Å²) >= 11 is 4.63. The van der Waals surface area contributed by atoms with Gasteiger partial charge < -0.3 is 0 Å². The molecule has 0 aromatic carbocycles. The van der Waals surface area contributed by atoms with Crippen LogP contribution >= 0.6 is 24.0 Å². The first-order valence-corrected chi connectivity index (χ1v) is 6.35. The highest BCUT2D eigenvalue weighted by molar-refractivity contribution is 7.80. The van der Waals surface area contributed by atoms with Crippen molar-refractivity contribution in [1.29, 1.82) is 0 Å². The number of alkyl halides is 3. The summed E-state index contributed by atoms with van der Waals surface area (Å²) in [6.45, 7) is 1.56. The second kappa shape index (κ2) is 4.89. The average molecular weight is 290 g/mol. The highest BCUT2D eigenvalue weighted by Gasteiger charge is 2.40. The zero-order valence-corrected chi connectivity index (χ0v) is 11.0. The minimum atomic E-state index is -4.37. The fourth-order valence-corrected chi connectivity index (χ4v) is 2.84. The number of aromatic nitrogens is 2. The lowest BCUT2D eigenvalue weighted by Gasteiger charge is -2.13. The van der Waals surface area contributed by atoms with Crippen LogP contribution in [0.4, 0.5) is 13.2 Å². The number of thiol groups is 1. The van der Waals surface area contributed by atoms with Crippen LogP contribution in [0.3, 0.4) is 0 Å². The normalized spacial score (nSPS) is 13.6. The summed E-state index contributed by atoms with van der Waals surface area (Å²) in [7, 11) is 0. The van der Waals surface area contributed by atoms with Gasteiger partial charge in [-0.1, -0.05) is 0 Å². The van der Waals surface area contributed by atoms with Gasteiger partial charge in [-0.2, -0.15) is 25.8 Å². The lowest BCUT2D eigenvalue weighted by Crippen LogP contribution is -2.15. The fourth-order valence-electron chi connectivity index (χ4n) is 1.42. The van der Waals surface area contributed by atoms with Crippen LogP contribution in [-0.2, 0) is 0 Å². The van der Waals surface area contributed by atoms with Gasteiger partial charge in [-0.05, 0) is 19.1 Å². The molecule has 2 heterocycles. The molecule has 2 aromatic heterocycles. The molecule has 2 rings (SSSR count). The van der Waals surface area contributed by atoms with Crippen molar-refractivity contribution in [2.75, 3.05) is 0 Å². The van der Waals surface area contributed by atoms with Crippen molar-refractivity contribution in [2.45, 2.75) is 18.3 Å². The average Bonchev–Trinajstić information content (AvgIpc) is 2.70. The molecular formula is C11H9F3N2S2. The number of nitrogens with zero attached hydrogens (tertiary/aromatic N) is 2. The molecule has 0 spiro atoms. The van der Waals surface area contributed by atoms with Gasteiger partial charge >= 0.3 is 6.18 Å². The summed E-state index contributed by atoms with van der Waals surface area (Å²) in [5, 5.41) is -1.26. The number of halogens is 3. The van der Waals surface area contributed by atoms with Crippen LogP contribution < -0.4 is 0 Å². The Balaban J connectivity index is 2.39. The number of aryl methyl sites for hydroxylation is 1.